The van der Waals surface area contributed by atoms with Gasteiger partial charge in [-0.25, -0.2) is 4.79 Å². The van der Waals surface area contributed by atoms with Gasteiger partial charge in [-0.15, -0.1) is 0 Å². The van der Waals surface area contributed by atoms with Gasteiger partial charge < -0.3 is 16.2 Å². The summed E-state index contributed by atoms with van der Waals surface area (Å²) in [5, 5.41) is 11.1. The van der Waals surface area contributed by atoms with Gasteiger partial charge in [-0.05, 0) is 24.1 Å². The first-order chi connectivity index (χ1) is 9.54. The number of benzene rings is 1. The molecule has 0 heterocycles. The van der Waals surface area contributed by atoms with Gasteiger partial charge in [0, 0.05) is 0 Å². The van der Waals surface area contributed by atoms with E-state index in [9.17, 15) is 22.8 Å². The predicted molar refractivity (Wildman–Crippen MR) is 69.8 cm³/mol. The SMILES string of the molecule is CC(C)[C@@H](N)C(=O)Nc1cc(C(F)(F)F)ccc1C(=O)O. The van der Waals surface area contributed by atoms with Crippen LogP contribution in [-0.2, 0) is 11.0 Å². The van der Waals surface area contributed by atoms with Crippen LogP contribution in [0.2, 0.25) is 0 Å². The van der Waals surface area contributed by atoms with Crippen LogP contribution >= 0.6 is 0 Å². The van der Waals surface area contributed by atoms with Crippen LogP contribution in [0.25, 0.3) is 0 Å². The molecule has 4 N–H and O–H groups in total. The Hall–Kier alpha value is -2.09. The van der Waals surface area contributed by atoms with Crippen molar-refractivity contribution in [2.45, 2.75) is 26.1 Å². The molecule has 0 saturated heterocycles. The van der Waals surface area contributed by atoms with Gasteiger partial charge in [0.05, 0.1) is 22.9 Å². The van der Waals surface area contributed by atoms with E-state index < -0.39 is 40.9 Å². The largest absolute Gasteiger partial charge is 0.478 e. The Morgan fingerprint density at radius 1 is 1.29 bits per heavy atom. The predicted octanol–water partition coefficient (Wildman–Crippen LogP) is 2.33. The van der Waals surface area contributed by atoms with Crippen molar-refractivity contribution in [3.05, 3.63) is 29.3 Å². The third-order valence-electron chi connectivity index (χ3n) is 2.86. The second-order valence-corrected chi connectivity index (χ2v) is 4.82. The molecular weight excluding hydrogens is 289 g/mol. The Morgan fingerprint density at radius 3 is 2.29 bits per heavy atom. The topological polar surface area (TPSA) is 92.4 Å². The first kappa shape index (κ1) is 17.0. The summed E-state index contributed by atoms with van der Waals surface area (Å²) in [5.41, 5.74) is 3.65. The van der Waals surface area contributed by atoms with Crippen molar-refractivity contribution in [2.75, 3.05) is 5.32 Å². The van der Waals surface area contributed by atoms with Gasteiger partial charge in [0.25, 0.3) is 0 Å². The van der Waals surface area contributed by atoms with Crippen molar-refractivity contribution in [2.24, 2.45) is 11.7 Å². The zero-order valence-electron chi connectivity index (χ0n) is 11.4. The number of nitrogens with two attached hydrogens (primary N) is 1. The third kappa shape index (κ3) is 4.19. The average Bonchev–Trinajstić information content (AvgIpc) is 2.36. The van der Waals surface area contributed by atoms with Gasteiger partial charge in [0.2, 0.25) is 5.91 Å². The van der Waals surface area contributed by atoms with Crippen molar-refractivity contribution in [1.29, 1.82) is 0 Å². The Morgan fingerprint density at radius 2 is 1.86 bits per heavy atom. The van der Waals surface area contributed by atoms with Gasteiger partial charge >= 0.3 is 12.1 Å². The number of alkyl halides is 3. The summed E-state index contributed by atoms with van der Waals surface area (Å²) in [7, 11) is 0. The fraction of sp³-hybridized carbons (Fsp3) is 0.385. The number of carbonyl (C=O) groups excluding carboxylic acids is 1. The molecule has 0 fully saturated rings. The fourth-order valence-corrected chi connectivity index (χ4v) is 1.53. The van der Waals surface area contributed by atoms with Crippen molar-refractivity contribution < 1.29 is 27.9 Å². The normalized spacial score (nSPS) is 13.1. The van der Waals surface area contributed by atoms with E-state index in [1.54, 1.807) is 13.8 Å². The number of carboxylic acid groups (broad SMARTS) is 1. The van der Waals surface area contributed by atoms with Crippen LogP contribution in [0.1, 0.15) is 29.8 Å². The van der Waals surface area contributed by atoms with Gasteiger partial charge in [-0.2, -0.15) is 13.2 Å². The molecule has 8 heteroatoms. The molecular formula is C13H15F3N2O3. The number of hydrogen-bond donors (Lipinski definition) is 3. The zero-order valence-corrected chi connectivity index (χ0v) is 11.4. The Labute approximate surface area is 118 Å². The molecule has 1 rings (SSSR count). The quantitative estimate of drug-likeness (QED) is 0.796. The summed E-state index contributed by atoms with van der Waals surface area (Å²) in [6.07, 6.45) is -4.64. The van der Waals surface area contributed by atoms with Crippen LogP contribution in [0.5, 0.6) is 0 Å². The molecule has 0 saturated carbocycles. The molecule has 1 amide bonds. The van der Waals surface area contributed by atoms with Crippen molar-refractivity contribution in [3.63, 3.8) is 0 Å². The maximum absolute atomic E-state index is 12.6. The number of carboxylic acids is 1. The lowest BCUT2D eigenvalue weighted by molar-refractivity contribution is -0.137. The summed E-state index contributed by atoms with van der Waals surface area (Å²) in [4.78, 5) is 22.8. The summed E-state index contributed by atoms with van der Waals surface area (Å²) < 4.78 is 37.9. The number of nitrogens with one attached hydrogen (secondary N) is 1. The third-order valence-corrected chi connectivity index (χ3v) is 2.86. The molecule has 0 unspecified atom stereocenters. The highest BCUT2D eigenvalue weighted by molar-refractivity contribution is 6.02. The molecule has 5 nitrogen and oxygen atoms in total. The standard InChI is InChI=1S/C13H15F3N2O3/c1-6(2)10(17)11(19)18-9-5-7(13(14,15)16)3-4-8(9)12(20)21/h3-6,10H,17H2,1-2H3,(H,18,19)(H,20,21)/t10-/m1/s1. The number of halogens is 3. The van der Waals surface area contributed by atoms with E-state index in [1.807, 2.05) is 0 Å². The highest BCUT2D eigenvalue weighted by Crippen LogP contribution is 2.32. The van der Waals surface area contributed by atoms with Crippen LogP contribution in [0.3, 0.4) is 0 Å². The molecule has 0 radical (unpaired) electrons. The molecule has 0 aliphatic heterocycles. The number of carbonyl (C=O) groups is 2. The second-order valence-electron chi connectivity index (χ2n) is 4.82. The van der Waals surface area contributed by atoms with Crippen molar-refractivity contribution in [1.82, 2.24) is 0 Å². The number of anilines is 1. The van der Waals surface area contributed by atoms with E-state index in [1.165, 1.54) is 0 Å². The summed E-state index contributed by atoms with van der Waals surface area (Å²) in [6, 6.07) is 1.05. The van der Waals surface area contributed by atoms with Crippen LogP contribution in [-0.4, -0.2) is 23.0 Å². The number of rotatable bonds is 4. The van der Waals surface area contributed by atoms with Gasteiger partial charge in [-0.3, -0.25) is 4.79 Å². The van der Waals surface area contributed by atoms with Gasteiger partial charge in [-0.1, -0.05) is 13.8 Å². The Kier molecular flexibility index (Phi) is 4.95. The first-order valence-electron chi connectivity index (χ1n) is 6.05. The van der Waals surface area contributed by atoms with E-state index in [-0.39, 0.29) is 5.92 Å². The van der Waals surface area contributed by atoms with Crippen LogP contribution in [0.4, 0.5) is 18.9 Å². The minimum absolute atomic E-state index is 0.246. The fourth-order valence-electron chi connectivity index (χ4n) is 1.53. The number of amides is 1. The highest BCUT2D eigenvalue weighted by atomic mass is 19.4. The molecule has 0 aliphatic rings. The highest BCUT2D eigenvalue weighted by Gasteiger charge is 2.32. The molecule has 0 aromatic heterocycles. The smallest absolute Gasteiger partial charge is 0.416 e. The van der Waals surface area contributed by atoms with Crippen LogP contribution in [0, 0.1) is 5.92 Å². The summed E-state index contributed by atoms with van der Waals surface area (Å²) in [5.74, 6) is -2.44. The van der Waals surface area contributed by atoms with E-state index in [0.717, 1.165) is 6.07 Å². The lowest BCUT2D eigenvalue weighted by Gasteiger charge is -2.17. The maximum Gasteiger partial charge on any atom is 0.416 e. The molecule has 0 spiro atoms. The molecule has 0 bridgehead atoms. The van der Waals surface area contributed by atoms with Crippen molar-refractivity contribution in [3.8, 4) is 0 Å². The van der Waals surface area contributed by atoms with Crippen LogP contribution in [0.15, 0.2) is 18.2 Å². The van der Waals surface area contributed by atoms with Gasteiger partial charge in [0.15, 0.2) is 0 Å². The van der Waals surface area contributed by atoms with E-state index in [0.29, 0.717) is 12.1 Å². The van der Waals surface area contributed by atoms with E-state index in [4.69, 9.17) is 10.8 Å². The number of aromatic carboxylic acids is 1. The molecule has 116 valence electrons. The lowest BCUT2D eigenvalue weighted by atomic mass is 10.0. The summed E-state index contributed by atoms with van der Waals surface area (Å²) >= 11 is 0. The summed E-state index contributed by atoms with van der Waals surface area (Å²) in [6.45, 7) is 3.32. The molecule has 21 heavy (non-hydrogen) atoms. The van der Waals surface area contributed by atoms with Gasteiger partial charge in [0.1, 0.15) is 0 Å². The maximum atomic E-state index is 12.6. The molecule has 1 aromatic carbocycles. The van der Waals surface area contributed by atoms with Crippen molar-refractivity contribution >= 4 is 17.6 Å². The lowest BCUT2D eigenvalue weighted by Crippen LogP contribution is -2.40. The van der Waals surface area contributed by atoms with E-state index in [2.05, 4.69) is 5.32 Å². The Balaban J connectivity index is 3.19. The Bertz CT molecular complexity index is 556. The minimum Gasteiger partial charge on any atom is -0.478 e. The second kappa shape index (κ2) is 6.13. The van der Waals surface area contributed by atoms with E-state index >= 15 is 0 Å². The average molecular weight is 304 g/mol. The number of hydrogen-bond acceptors (Lipinski definition) is 3. The zero-order chi connectivity index (χ0) is 16.4. The molecule has 0 aliphatic carbocycles. The monoisotopic (exact) mass is 304 g/mol. The minimum atomic E-state index is -4.64. The first-order valence-corrected chi connectivity index (χ1v) is 6.05. The molecule has 1 aromatic rings. The van der Waals surface area contributed by atoms with Crippen LogP contribution < -0.4 is 11.1 Å². The molecule has 1 atom stereocenters.